The molecular weight excluding hydrogens is 649 g/mol. The van der Waals surface area contributed by atoms with Crippen molar-refractivity contribution in [2.75, 3.05) is 0 Å². The Bertz CT molecular complexity index is 1220. The van der Waals surface area contributed by atoms with E-state index < -0.39 is 0 Å². The molecule has 3 rings (SSSR count). The molecule has 0 spiro atoms. The van der Waals surface area contributed by atoms with E-state index in [0.717, 1.165) is 22.8 Å². The van der Waals surface area contributed by atoms with Crippen molar-refractivity contribution in [2.45, 2.75) is 119 Å². The number of aromatic nitrogens is 1. The van der Waals surface area contributed by atoms with Crippen molar-refractivity contribution >= 4 is 23.8 Å². The van der Waals surface area contributed by atoms with Gasteiger partial charge in [0.05, 0.1) is 35.2 Å². The van der Waals surface area contributed by atoms with Gasteiger partial charge in [0, 0.05) is 0 Å². The van der Waals surface area contributed by atoms with E-state index in [1.54, 1.807) is 0 Å². The molecule has 0 aliphatic carbocycles. The van der Waals surface area contributed by atoms with Gasteiger partial charge in [-0.05, 0) is 81.0 Å². The molecule has 1 radical (unpaired) electrons. The van der Waals surface area contributed by atoms with Crippen LogP contribution in [-0.2, 0) is 17.1 Å². The molecule has 0 atom stereocenters. The van der Waals surface area contributed by atoms with Crippen LogP contribution >= 0.6 is 0 Å². The molecule has 0 unspecified atom stereocenters. The van der Waals surface area contributed by atoms with Crippen LogP contribution in [0.2, 0.25) is 0 Å². The van der Waals surface area contributed by atoms with E-state index in [4.69, 9.17) is 15.0 Å². The summed E-state index contributed by atoms with van der Waals surface area (Å²) >= 11 is 0. The minimum Gasteiger partial charge on any atom is -1.00 e. The fourth-order valence-corrected chi connectivity index (χ4v) is 5.01. The summed E-state index contributed by atoms with van der Waals surface area (Å²) in [7, 11) is 0. The summed E-state index contributed by atoms with van der Waals surface area (Å²) in [5, 5.41) is 0. The van der Waals surface area contributed by atoms with Crippen LogP contribution < -0.4 is 37.2 Å². The topological polar surface area (TPSA) is 37.6 Å². The third kappa shape index (κ3) is 11.3. The van der Waals surface area contributed by atoms with Crippen LogP contribution in [0.25, 0.3) is 0 Å². The Morgan fingerprint density at radius 2 is 0.750 bits per heavy atom. The molecule has 0 saturated heterocycles. The molecule has 0 fully saturated rings. The predicted octanol–water partition coefficient (Wildman–Crippen LogP) is 2.33. The molecular formula is C37H51Cl3FeN3. The van der Waals surface area contributed by atoms with E-state index in [0.29, 0.717) is 35.5 Å². The van der Waals surface area contributed by atoms with E-state index in [2.05, 4.69) is 107 Å². The van der Waals surface area contributed by atoms with Gasteiger partial charge in [-0.25, -0.2) is 4.98 Å². The first-order valence-electron chi connectivity index (χ1n) is 15.2. The van der Waals surface area contributed by atoms with Crippen molar-refractivity contribution in [1.82, 2.24) is 4.98 Å². The van der Waals surface area contributed by atoms with Crippen molar-refractivity contribution < 1.29 is 54.3 Å². The van der Waals surface area contributed by atoms with Crippen LogP contribution in [0.5, 0.6) is 0 Å². The third-order valence-electron chi connectivity index (χ3n) is 7.65. The van der Waals surface area contributed by atoms with Gasteiger partial charge in [-0.3, -0.25) is 9.98 Å². The van der Waals surface area contributed by atoms with E-state index in [-0.39, 0.29) is 54.3 Å². The van der Waals surface area contributed by atoms with E-state index >= 15 is 0 Å². The minimum atomic E-state index is 0. The van der Waals surface area contributed by atoms with Crippen LogP contribution in [-0.4, -0.2) is 17.4 Å². The van der Waals surface area contributed by atoms with Gasteiger partial charge < -0.3 is 37.2 Å². The monoisotopic (exact) mass is 698 g/mol. The maximum absolute atomic E-state index is 5.05. The number of benzene rings is 2. The summed E-state index contributed by atoms with van der Waals surface area (Å²) in [5.74, 6) is 2.54. The van der Waals surface area contributed by atoms with Crippen molar-refractivity contribution in [2.24, 2.45) is 9.98 Å². The van der Waals surface area contributed by atoms with Crippen molar-refractivity contribution in [3.63, 3.8) is 0 Å². The van der Waals surface area contributed by atoms with Crippen LogP contribution in [0.3, 0.4) is 0 Å². The summed E-state index contributed by atoms with van der Waals surface area (Å²) in [6, 6.07) is 15.4. The van der Waals surface area contributed by atoms with Crippen molar-refractivity contribution in [3.8, 4) is 0 Å². The second-order valence-corrected chi connectivity index (χ2v) is 13.0. The standard InChI is InChI=1S/C37H51N3.3ClH.Fe/c1-22(2)28-16-32(24(5)6)36(33(17-28)25(7)8)38-20-30-14-13-15-31(40-30)21-39-37-34(26(9)10)18-29(23(3)4)19-35(37)27(11)12;;;;/h13-27H,1-12H3;3*1H;/q;;;;+3/p-3. The largest absolute Gasteiger partial charge is 3.00 e. The van der Waals surface area contributed by atoms with Gasteiger partial charge in [0.15, 0.2) is 0 Å². The van der Waals surface area contributed by atoms with Crippen LogP contribution in [0.15, 0.2) is 52.4 Å². The molecule has 1 aromatic heterocycles. The Balaban J connectivity index is 0. The molecule has 0 saturated carbocycles. The fourth-order valence-electron chi connectivity index (χ4n) is 5.01. The van der Waals surface area contributed by atoms with Gasteiger partial charge in [0.2, 0.25) is 0 Å². The minimum absolute atomic E-state index is 0. The first kappa shape index (κ1) is 44.4. The van der Waals surface area contributed by atoms with E-state index in [9.17, 15) is 0 Å². The van der Waals surface area contributed by atoms with Crippen LogP contribution in [0.4, 0.5) is 11.4 Å². The molecule has 2 aromatic carbocycles. The Labute approximate surface area is 297 Å². The molecule has 0 amide bonds. The molecule has 3 aromatic rings. The first-order valence-corrected chi connectivity index (χ1v) is 15.2. The molecule has 0 bridgehead atoms. The summed E-state index contributed by atoms with van der Waals surface area (Å²) in [6.07, 6.45) is 3.83. The van der Waals surface area contributed by atoms with Gasteiger partial charge in [-0.15, -0.1) is 0 Å². The van der Waals surface area contributed by atoms with Crippen LogP contribution in [0.1, 0.15) is 163 Å². The summed E-state index contributed by atoms with van der Waals surface area (Å²) in [6.45, 7) is 27.1. The quantitative estimate of drug-likeness (QED) is 0.237. The SMILES string of the molecule is CC(C)c1cc(C(C)C)c(N=Cc2cccc(C=Nc3c(C(C)C)cc(C(C)C)cc3C(C)C)n2)c(C(C)C)c1.[Cl-].[Cl-].[Cl-].[Fe+3]. The second kappa shape index (κ2) is 19.7. The zero-order chi connectivity index (χ0) is 29.7. The van der Waals surface area contributed by atoms with E-state index in [1.165, 1.54) is 33.4 Å². The Hall–Kier alpha value is -1.68. The zero-order valence-electron chi connectivity index (χ0n) is 28.5. The molecule has 7 heteroatoms. The molecule has 243 valence electrons. The molecule has 0 aliphatic heterocycles. The zero-order valence-corrected chi connectivity index (χ0v) is 31.9. The average molecular weight is 700 g/mol. The van der Waals surface area contributed by atoms with E-state index in [1.807, 2.05) is 30.6 Å². The van der Waals surface area contributed by atoms with Gasteiger partial charge in [-0.1, -0.05) is 113 Å². The Kier molecular flexibility index (Phi) is 19.9. The maximum atomic E-state index is 5.05. The van der Waals surface area contributed by atoms with Gasteiger partial charge in [0.1, 0.15) is 0 Å². The number of nitrogens with zero attached hydrogens (tertiary/aromatic N) is 3. The number of halogens is 3. The average Bonchev–Trinajstić information content (AvgIpc) is 2.89. The Morgan fingerprint density at radius 3 is 0.977 bits per heavy atom. The summed E-state index contributed by atoms with van der Waals surface area (Å²) in [5.41, 5.74) is 11.8. The summed E-state index contributed by atoms with van der Waals surface area (Å²) in [4.78, 5) is 15.0. The second-order valence-electron chi connectivity index (χ2n) is 13.0. The molecule has 0 aliphatic rings. The molecule has 1 heterocycles. The molecule has 3 nitrogen and oxygen atoms in total. The third-order valence-corrected chi connectivity index (χ3v) is 7.65. The first-order chi connectivity index (χ1) is 18.8. The van der Waals surface area contributed by atoms with Crippen molar-refractivity contribution in [1.29, 1.82) is 0 Å². The van der Waals surface area contributed by atoms with Crippen LogP contribution in [0, 0.1) is 0 Å². The summed E-state index contributed by atoms with van der Waals surface area (Å²) < 4.78 is 0. The Morgan fingerprint density at radius 1 is 0.477 bits per heavy atom. The van der Waals surface area contributed by atoms with Crippen molar-refractivity contribution in [3.05, 3.63) is 87.2 Å². The molecule has 0 N–H and O–H groups in total. The number of rotatable bonds is 10. The predicted molar refractivity (Wildman–Crippen MR) is 176 cm³/mol. The number of hydrogen-bond acceptors (Lipinski definition) is 3. The number of aliphatic imine (C=N–C) groups is 2. The van der Waals surface area contributed by atoms with Gasteiger partial charge >= 0.3 is 17.1 Å². The normalized spacial score (nSPS) is 11.5. The fraction of sp³-hybridized carbons (Fsp3) is 0.486. The smallest absolute Gasteiger partial charge is 1.00 e. The number of hydrogen-bond donors (Lipinski definition) is 0. The number of pyridine rings is 1. The van der Waals surface area contributed by atoms with Gasteiger partial charge in [-0.2, -0.15) is 0 Å². The molecule has 44 heavy (non-hydrogen) atoms. The maximum Gasteiger partial charge on any atom is 3.00 e. The van der Waals surface area contributed by atoms with Gasteiger partial charge in [0.25, 0.3) is 0 Å².